The van der Waals surface area contributed by atoms with Gasteiger partial charge in [0, 0.05) is 24.7 Å². The van der Waals surface area contributed by atoms with Gasteiger partial charge in [-0.05, 0) is 53.5 Å². The van der Waals surface area contributed by atoms with E-state index in [1.165, 1.54) is 6.08 Å². The Kier molecular flexibility index (Phi) is 5.34. The minimum Gasteiger partial charge on any atom is -0.497 e. The standard InChI is InChI=1S/C20H20N2O4/c1-26-18-7-5-15(6-8-18)20(24)22-11-10-16-12-14(2-4-17(16)13-22)3-9-19(23)21-25/h2-9,12,25H,10-11,13H2,1H3,(H,21,23)/b9-3+. The number of methoxy groups -OCH3 is 1. The summed E-state index contributed by atoms with van der Waals surface area (Å²) in [5.41, 5.74) is 5.34. The van der Waals surface area contributed by atoms with Crippen LogP contribution in [0.15, 0.2) is 48.5 Å². The highest BCUT2D eigenvalue weighted by atomic mass is 16.5. The van der Waals surface area contributed by atoms with Crippen LogP contribution in [0.3, 0.4) is 0 Å². The van der Waals surface area contributed by atoms with Crippen molar-refractivity contribution in [1.29, 1.82) is 0 Å². The molecule has 1 aliphatic heterocycles. The molecule has 0 aliphatic carbocycles. The Bertz CT molecular complexity index is 843. The smallest absolute Gasteiger partial charge is 0.267 e. The van der Waals surface area contributed by atoms with Gasteiger partial charge in [0.05, 0.1) is 7.11 Å². The molecule has 1 heterocycles. The van der Waals surface area contributed by atoms with Crippen molar-refractivity contribution in [2.24, 2.45) is 0 Å². The third-order valence-corrected chi connectivity index (χ3v) is 4.40. The van der Waals surface area contributed by atoms with Gasteiger partial charge in [-0.15, -0.1) is 0 Å². The first-order valence-electron chi connectivity index (χ1n) is 8.28. The number of amides is 2. The van der Waals surface area contributed by atoms with Gasteiger partial charge >= 0.3 is 0 Å². The van der Waals surface area contributed by atoms with E-state index in [1.54, 1.807) is 42.9 Å². The molecule has 0 radical (unpaired) electrons. The lowest BCUT2D eigenvalue weighted by Gasteiger charge is -2.29. The van der Waals surface area contributed by atoms with E-state index in [0.717, 1.165) is 28.9 Å². The van der Waals surface area contributed by atoms with Crippen LogP contribution in [0, 0.1) is 0 Å². The first-order chi connectivity index (χ1) is 12.6. The average Bonchev–Trinajstić information content (AvgIpc) is 2.70. The highest BCUT2D eigenvalue weighted by Crippen LogP contribution is 2.23. The number of nitrogens with zero attached hydrogens (tertiary/aromatic N) is 1. The molecular formula is C20H20N2O4. The van der Waals surface area contributed by atoms with Crippen LogP contribution in [0.1, 0.15) is 27.0 Å². The molecule has 0 aromatic heterocycles. The molecule has 0 saturated heterocycles. The van der Waals surface area contributed by atoms with Gasteiger partial charge in [0.2, 0.25) is 0 Å². The van der Waals surface area contributed by atoms with Crippen LogP contribution in [0.2, 0.25) is 0 Å². The summed E-state index contributed by atoms with van der Waals surface area (Å²) in [4.78, 5) is 25.6. The number of carbonyl (C=O) groups is 2. The van der Waals surface area contributed by atoms with Crippen molar-refractivity contribution in [3.05, 3.63) is 70.8 Å². The molecule has 0 spiro atoms. The molecule has 26 heavy (non-hydrogen) atoms. The zero-order valence-electron chi connectivity index (χ0n) is 14.4. The third-order valence-electron chi connectivity index (χ3n) is 4.40. The Balaban J connectivity index is 1.72. The fraction of sp³-hybridized carbons (Fsp3) is 0.200. The van der Waals surface area contributed by atoms with Crippen LogP contribution < -0.4 is 10.2 Å². The Hall–Kier alpha value is -3.12. The highest BCUT2D eigenvalue weighted by Gasteiger charge is 2.21. The summed E-state index contributed by atoms with van der Waals surface area (Å²) in [5.74, 6) is 0.155. The molecule has 2 N–H and O–H groups in total. The second kappa shape index (κ2) is 7.84. The van der Waals surface area contributed by atoms with Gasteiger partial charge in [-0.2, -0.15) is 0 Å². The van der Waals surface area contributed by atoms with E-state index in [9.17, 15) is 9.59 Å². The Morgan fingerprint density at radius 3 is 2.62 bits per heavy atom. The van der Waals surface area contributed by atoms with E-state index in [-0.39, 0.29) is 5.91 Å². The number of ether oxygens (including phenoxy) is 1. The summed E-state index contributed by atoms with van der Waals surface area (Å²) in [6.07, 6.45) is 3.66. The van der Waals surface area contributed by atoms with Crippen molar-refractivity contribution in [3.8, 4) is 5.75 Å². The number of nitrogens with one attached hydrogen (secondary N) is 1. The van der Waals surface area contributed by atoms with Crippen LogP contribution in [0.4, 0.5) is 0 Å². The van der Waals surface area contributed by atoms with E-state index in [4.69, 9.17) is 9.94 Å². The third kappa shape index (κ3) is 3.92. The first-order valence-corrected chi connectivity index (χ1v) is 8.28. The molecule has 134 valence electrons. The van der Waals surface area contributed by atoms with Crippen LogP contribution in [-0.2, 0) is 17.8 Å². The van der Waals surface area contributed by atoms with Gasteiger partial charge in [-0.25, -0.2) is 5.48 Å². The lowest BCUT2D eigenvalue weighted by Crippen LogP contribution is -2.35. The second-order valence-corrected chi connectivity index (χ2v) is 6.04. The van der Waals surface area contributed by atoms with Crippen LogP contribution in [-0.4, -0.2) is 35.6 Å². The van der Waals surface area contributed by atoms with E-state index in [2.05, 4.69) is 0 Å². The molecule has 2 aromatic rings. The lowest BCUT2D eigenvalue weighted by atomic mass is 9.96. The number of carbonyl (C=O) groups excluding carboxylic acids is 2. The Morgan fingerprint density at radius 1 is 1.15 bits per heavy atom. The summed E-state index contributed by atoms with van der Waals surface area (Å²) in [6, 6.07) is 13.0. The minimum absolute atomic E-state index is 0.00175. The number of benzene rings is 2. The van der Waals surface area contributed by atoms with Gasteiger partial charge in [-0.1, -0.05) is 18.2 Å². The lowest BCUT2D eigenvalue weighted by molar-refractivity contribution is -0.124. The van der Waals surface area contributed by atoms with E-state index < -0.39 is 5.91 Å². The molecular weight excluding hydrogens is 332 g/mol. The second-order valence-electron chi connectivity index (χ2n) is 6.04. The van der Waals surface area contributed by atoms with Gasteiger partial charge in [-0.3, -0.25) is 14.8 Å². The fourth-order valence-corrected chi connectivity index (χ4v) is 2.98. The van der Waals surface area contributed by atoms with Crippen LogP contribution in [0.25, 0.3) is 6.08 Å². The molecule has 0 saturated carbocycles. The van der Waals surface area contributed by atoms with Crippen molar-refractivity contribution in [2.75, 3.05) is 13.7 Å². The predicted molar refractivity (Wildman–Crippen MR) is 96.8 cm³/mol. The summed E-state index contributed by atoms with van der Waals surface area (Å²) in [5, 5.41) is 8.51. The first kappa shape index (κ1) is 17.7. The van der Waals surface area contributed by atoms with E-state index in [0.29, 0.717) is 18.7 Å². The number of hydrogen-bond donors (Lipinski definition) is 2. The van der Waals surface area contributed by atoms with Gasteiger partial charge in [0.25, 0.3) is 11.8 Å². The van der Waals surface area contributed by atoms with Gasteiger partial charge in [0.1, 0.15) is 5.75 Å². The molecule has 6 nitrogen and oxygen atoms in total. The van der Waals surface area contributed by atoms with Crippen LogP contribution >= 0.6 is 0 Å². The number of rotatable bonds is 4. The molecule has 0 bridgehead atoms. The maximum Gasteiger partial charge on any atom is 0.267 e. The van der Waals surface area contributed by atoms with Crippen molar-refractivity contribution < 1.29 is 19.5 Å². The van der Waals surface area contributed by atoms with Gasteiger partial charge in [0.15, 0.2) is 0 Å². The summed E-state index contributed by atoms with van der Waals surface area (Å²) in [7, 11) is 1.60. The largest absolute Gasteiger partial charge is 0.497 e. The zero-order valence-corrected chi connectivity index (χ0v) is 14.4. The molecule has 0 atom stereocenters. The Morgan fingerprint density at radius 2 is 1.92 bits per heavy atom. The molecule has 0 fully saturated rings. The molecule has 1 aliphatic rings. The highest BCUT2D eigenvalue weighted by molar-refractivity contribution is 5.94. The van der Waals surface area contributed by atoms with E-state index in [1.807, 2.05) is 23.1 Å². The van der Waals surface area contributed by atoms with Gasteiger partial charge < -0.3 is 9.64 Å². The topological polar surface area (TPSA) is 78.9 Å². The van der Waals surface area contributed by atoms with E-state index >= 15 is 0 Å². The van der Waals surface area contributed by atoms with Crippen LogP contribution in [0.5, 0.6) is 5.75 Å². The molecule has 3 rings (SSSR count). The summed E-state index contributed by atoms with van der Waals surface area (Å²) < 4.78 is 5.12. The molecule has 0 unspecified atom stereocenters. The average molecular weight is 352 g/mol. The van der Waals surface area contributed by atoms with Crippen molar-refractivity contribution in [2.45, 2.75) is 13.0 Å². The van der Waals surface area contributed by atoms with Crippen molar-refractivity contribution >= 4 is 17.9 Å². The zero-order chi connectivity index (χ0) is 18.5. The quantitative estimate of drug-likeness (QED) is 0.503. The normalized spacial score (nSPS) is 13.4. The minimum atomic E-state index is -0.570. The number of hydrogen-bond acceptors (Lipinski definition) is 4. The molecule has 2 amide bonds. The summed E-state index contributed by atoms with van der Waals surface area (Å²) in [6.45, 7) is 1.20. The maximum absolute atomic E-state index is 12.7. The predicted octanol–water partition coefficient (Wildman–Crippen LogP) is 2.41. The molecule has 6 heteroatoms. The monoisotopic (exact) mass is 352 g/mol. The number of hydroxylamine groups is 1. The summed E-state index contributed by atoms with van der Waals surface area (Å²) >= 11 is 0. The molecule has 2 aromatic carbocycles. The number of fused-ring (bicyclic) bond motifs is 1. The maximum atomic E-state index is 12.7. The van der Waals surface area contributed by atoms with Crippen molar-refractivity contribution in [3.63, 3.8) is 0 Å². The Labute approximate surface area is 151 Å². The SMILES string of the molecule is COc1ccc(C(=O)N2CCc3cc(/C=C/C(=O)NO)ccc3C2)cc1. The van der Waals surface area contributed by atoms with Crippen molar-refractivity contribution in [1.82, 2.24) is 10.4 Å². The fourth-order valence-electron chi connectivity index (χ4n) is 2.98.